The molecule has 7 heteroatoms. The van der Waals surface area contributed by atoms with E-state index in [1.807, 2.05) is 35.2 Å². The van der Waals surface area contributed by atoms with Gasteiger partial charge in [-0.05, 0) is 37.4 Å². The number of piperazine rings is 1. The molecular weight excluding hydrogens is 386 g/mol. The Bertz CT molecular complexity index is 836. The van der Waals surface area contributed by atoms with Crippen LogP contribution < -0.4 is 10.1 Å². The maximum absolute atomic E-state index is 12.8. The number of thioether (sulfide) groups is 1. The van der Waals surface area contributed by atoms with E-state index in [9.17, 15) is 9.59 Å². The molecule has 0 spiro atoms. The third-order valence-electron chi connectivity index (χ3n) is 4.85. The van der Waals surface area contributed by atoms with Gasteiger partial charge in [-0.3, -0.25) is 9.59 Å². The van der Waals surface area contributed by atoms with Gasteiger partial charge >= 0.3 is 0 Å². The van der Waals surface area contributed by atoms with E-state index in [0.29, 0.717) is 42.3 Å². The summed E-state index contributed by atoms with van der Waals surface area (Å²) in [5.41, 5.74) is 1.09. The maximum Gasteiger partial charge on any atom is 0.254 e. The summed E-state index contributed by atoms with van der Waals surface area (Å²) in [4.78, 5) is 30.4. The Kier molecular flexibility index (Phi) is 7.55. The Morgan fingerprint density at radius 2 is 1.79 bits per heavy atom. The molecule has 0 atom stereocenters. The lowest BCUT2D eigenvalue weighted by Crippen LogP contribution is -2.47. The van der Waals surface area contributed by atoms with Crippen molar-refractivity contribution in [1.82, 2.24) is 9.80 Å². The summed E-state index contributed by atoms with van der Waals surface area (Å²) in [6.45, 7) is 3.15. The van der Waals surface area contributed by atoms with Crippen molar-refractivity contribution in [3.8, 4) is 5.75 Å². The van der Waals surface area contributed by atoms with E-state index in [1.165, 1.54) is 0 Å². The number of hydrogen-bond acceptors (Lipinski definition) is 5. The fraction of sp³-hybridized carbons (Fsp3) is 0.364. The number of hydrogen-bond donors (Lipinski definition) is 1. The van der Waals surface area contributed by atoms with Crippen LogP contribution in [0.25, 0.3) is 0 Å². The van der Waals surface area contributed by atoms with Gasteiger partial charge in [0, 0.05) is 48.8 Å². The van der Waals surface area contributed by atoms with Crippen LogP contribution in [0.5, 0.6) is 5.75 Å². The van der Waals surface area contributed by atoms with Crippen molar-refractivity contribution in [2.24, 2.45) is 0 Å². The van der Waals surface area contributed by atoms with Crippen LogP contribution in [0.3, 0.4) is 0 Å². The largest absolute Gasteiger partial charge is 0.495 e. The monoisotopic (exact) mass is 413 g/mol. The van der Waals surface area contributed by atoms with E-state index < -0.39 is 0 Å². The van der Waals surface area contributed by atoms with Crippen molar-refractivity contribution < 1.29 is 14.3 Å². The van der Waals surface area contributed by atoms with E-state index in [1.54, 1.807) is 37.1 Å². The van der Waals surface area contributed by atoms with Gasteiger partial charge in [0.2, 0.25) is 5.91 Å². The summed E-state index contributed by atoms with van der Waals surface area (Å²) >= 11 is 1.64. The first-order valence-electron chi connectivity index (χ1n) is 9.70. The summed E-state index contributed by atoms with van der Waals surface area (Å²) < 4.78 is 5.36. The number of benzene rings is 2. The Morgan fingerprint density at radius 3 is 2.48 bits per heavy atom. The minimum absolute atomic E-state index is 0.0177. The zero-order valence-electron chi connectivity index (χ0n) is 16.9. The second-order valence-electron chi connectivity index (χ2n) is 6.97. The van der Waals surface area contributed by atoms with Gasteiger partial charge in [-0.1, -0.05) is 18.2 Å². The number of carbonyl (C=O) groups is 2. The average molecular weight is 414 g/mol. The number of rotatable bonds is 7. The molecule has 0 aromatic heterocycles. The smallest absolute Gasteiger partial charge is 0.254 e. The summed E-state index contributed by atoms with van der Waals surface area (Å²) in [5.74, 6) is 1.11. The number of methoxy groups -OCH3 is 1. The first-order valence-corrected chi connectivity index (χ1v) is 10.7. The SMILES string of the molecule is COc1ccc(C(=O)N2CCN(C)CC2)cc1NC(=O)CCSc1ccccc1. The van der Waals surface area contributed by atoms with Crippen LogP contribution in [-0.2, 0) is 4.79 Å². The van der Waals surface area contributed by atoms with Crippen LogP contribution in [0, 0.1) is 0 Å². The number of ether oxygens (including phenoxy) is 1. The highest BCUT2D eigenvalue weighted by atomic mass is 32.2. The molecule has 3 rings (SSSR count). The molecule has 2 aromatic carbocycles. The Balaban J connectivity index is 1.60. The van der Waals surface area contributed by atoms with E-state index in [-0.39, 0.29) is 11.8 Å². The Labute approximate surface area is 176 Å². The highest BCUT2D eigenvalue weighted by Gasteiger charge is 2.21. The predicted molar refractivity (Wildman–Crippen MR) is 117 cm³/mol. The molecule has 2 amide bonds. The van der Waals surface area contributed by atoms with Gasteiger partial charge in [0.25, 0.3) is 5.91 Å². The van der Waals surface area contributed by atoms with E-state index in [0.717, 1.165) is 18.0 Å². The second-order valence-corrected chi connectivity index (χ2v) is 8.14. The number of likely N-dealkylation sites (N-methyl/N-ethyl adjacent to an activating group) is 1. The van der Waals surface area contributed by atoms with Crippen molar-refractivity contribution in [1.29, 1.82) is 0 Å². The zero-order valence-corrected chi connectivity index (χ0v) is 17.7. The quantitative estimate of drug-likeness (QED) is 0.707. The molecule has 0 aliphatic carbocycles. The summed E-state index contributed by atoms with van der Waals surface area (Å²) in [5, 5.41) is 2.90. The van der Waals surface area contributed by atoms with Gasteiger partial charge in [-0.25, -0.2) is 0 Å². The molecule has 1 aliphatic rings. The average Bonchev–Trinajstić information content (AvgIpc) is 2.74. The molecule has 2 aromatic rings. The van der Waals surface area contributed by atoms with Crippen LogP contribution in [0.1, 0.15) is 16.8 Å². The van der Waals surface area contributed by atoms with E-state index in [2.05, 4.69) is 17.3 Å². The fourth-order valence-electron chi connectivity index (χ4n) is 3.12. The molecule has 0 radical (unpaired) electrons. The number of carbonyl (C=O) groups excluding carboxylic acids is 2. The number of amides is 2. The van der Waals surface area contributed by atoms with Crippen molar-refractivity contribution in [3.63, 3.8) is 0 Å². The first kappa shape index (κ1) is 21.2. The fourth-order valence-corrected chi connectivity index (χ4v) is 3.99. The van der Waals surface area contributed by atoms with Gasteiger partial charge in [-0.15, -0.1) is 11.8 Å². The lowest BCUT2D eigenvalue weighted by atomic mass is 10.1. The first-order chi connectivity index (χ1) is 14.1. The summed E-state index contributed by atoms with van der Waals surface area (Å²) in [6.07, 6.45) is 0.374. The second kappa shape index (κ2) is 10.3. The van der Waals surface area contributed by atoms with Crippen LogP contribution in [-0.4, -0.2) is 67.7 Å². The molecular formula is C22H27N3O3S. The van der Waals surface area contributed by atoms with Gasteiger partial charge in [0.1, 0.15) is 5.75 Å². The van der Waals surface area contributed by atoms with Gasteiger partial charge < -0.3 is 19.9 Å². The Morgan fingerprint density at radius 1 is 1.07 bits per heavy atom. The topological polar surface area (TPSA) is 61.9 Å². The predicted octanol–water partition coefficient (Wildman–Crippen LogP) is 3.20. The molecule has 1 N–H and O–H groups in total. The molecule has 1 heterocycles. The van der Waals surface area contributed by atoms with Crippen LogP contribution in [0.15, 0.2) is 53.4 Å². The van der Waals surface area contributed by atoms with Crippen LogP contribution in [0.4, 0.5) is 5.69 Å². The lowest BCUT2D eigenvalue weighted by molar-refractivity contribution is -0.115. The van der Waals surface area contributed by atoms with Crippen molar-refractivity contribution in [3.05, 3.63) is 54.1 Å². The molecule has 0 saturated carbocycles. The molecule has 29 heavy (non-hydrogen) atoms. The minimum atomic E-state index is -0.101. The van der Waals surface area contributed by atoms with Crippen molar-refractivity contribution in [2.75, 3.05) is 51.4 Å². The molecule has 6 nitrogen and oxygen atoms in total. The molecule has 0 unspecified atom stereocenters. The molecule has 0 bridgehead atoms. The number of anilines is 1. The Hall–Kier alpha value is -2.51. The van der Waals surface area contributed by atoms with Crippen molar-refractivity contribution >= 4 is 29.3 Å². The minimum Gasteiger partial charge on any atom is -0.495 e. The standard InChI is InChI=1S/C22H27N3O3S/c1-24-11-13-25(14-12-24)22(27)17-8-9-20(28-2)19(16-17)23-21(26)10-15-29-18-6-4-3-5-7-18/h3-9,16H,10-15H2,1-2H3,(H,23,26). The van der Waals surface area contributed by atoms with Gasteiger partial charge in [0.05, 0.1) is 12.8 Å². The third-order valence-corrected chi connectivity index (χ3v) is 5.87. The summed E-state index contributed by atoms with van der Waals surface area (Å²) in [7, 11) is 3.61. The molecule has 1 aliphatic heterocycles. The van der Waals surface area contributed by atoms with Crippen LogP contribution in [0.2, 0.25) is 0 Å². The van der Waals surface area contributed by atoms with E-state index >= 15 is 0 Å². The molecule has 1 saturated heterocycles. The van der Waals surface area contributed by atoms with Crippen molar-refractivity contribution in [2.45, 2.75) is 11.3 Å². The van der Waals surface area contributed by atoms with Gasteiger partial charge in [0.15, 0.2) is 0 Å². The highest BCUT2D eigenvalue weighted by Crippen LogP contribution is 2.27. The highest BCUT2D eigenvalue weighted by molar-refractivity contribution is 7.99. The maximum atomic E-state index is 12.8. The third kappa shape index (κ3) is 5.98. The zero-order chi connectivity index (χ0) is 20.6. The lowest BCUT2D eigenvalue weighted by Gasteiger charge is -2.32. The van der Waals surface area contributed by atoms with Crippen LogP contribution >= 0.6 is 11.8 Å². The summed E-state index contributed by atoms with van der Waals surface area (Å²) in [6, 6.07) is 15.2. The van der Waals surface area contributed by atoms with E-state index in [4.69, 9.17) is 4.74 Å². The number of nitrogens with one attached hydrogen (secondary N) is 1. The molecule has 1 fully saturated rings. The number of nitrogens with zero attached hydrogens (tertiary/aromatic N) is 2. The van der Waals surface area contributed by atoms with Gasteiger partial charge in [-0.2, -0.15) is 0 Å². The normalized spacial score (nSPS) is 14.5. The molecule has 154 valence electrons.